The van der Waals surface area contributed by atoms with Crippen LogP contribution in [0.25, 0.3) is 21.5 Å². The fourth-order valence-electron chi connectivity index (χ4n) is 3.18. The third kappa shape index (κ3) is 3.99. The smallest absolute Gasteiger partial charge is 0.230 e. The van der Waals surface area contributed by atoms with Gasteiger partial charge in [-0.1, -0.05) is 0 Å². The highest BCUT2D eigenvalue weighted by Crippen LogP contribution is 2.36. The second-order valence-corrected chi connectivity index (χ2v) is 9.03. The molecule has 5 rings (SSSR count). The third-order valence-electron chi connectivity index (χ3n) is 4.92. The van der Waals surface area contributed by atoms with Crippen LogP contribution in [0.2, 0.25) is 0 Å². The molecule has 1 aliphatic carbocycles. The molecule has 0 unspecified atom stereocenters. The number of hydrogen-bond donors (Lipinski definition) is 1. The molecular weight excluding hydrogens is 436 g/mol. The number of nitrogens with zero attached hydrogens (tertiary/aromatic N) is 5. The lowest BCUT2D eigenvalue weighted by Gasteiger charge is -2.06. The van der Waals surface area contributed by atoms with E-state index >= 15 is 0 Å². The van der Waals surface area contributed by atoms with Crippen molar-refractivity contribution in [1.82, 2.24) is 25.5 Å². The van der Waals surface area contributed by atoms with E-state index in [9.17, 15) is 4.79 Å². The highest BCUT2D eigenvalue weighted by Gasteiger charge is 2.44. The highest BCUT2D eigenvalue weighted by atomic mass is 32.1. The Morgan fingerprint density at radius 1 is 1.35 bits per heavy atom. The van der Waals surface area contributed by atoms with Crippen LogP contribution < -0.4 is 10.1 Å². The molecule has 1 aromatic carbocycles. The zero-order chi connectivity index (χ0) is 21.4. The minimum absolute atomic E-state index is 0.0545. The summed E-state index contributed by atoms with van der Waals surface area (Å²) in [5.74, 6) is 0.971. The fraction of sp³-hybridized carbons (Fsp3) is 0.300. The summed E-state index contributed by atoms with van der Waals surface area (Å²) in [6, 6.07) is 6.09. The van der Waals surface area contributed by atoms with Crippen molar-refractivity contribution in [2.45, 2.75) is 31.2 Å². The second kappa shape index (κ2) is 7.72. The van der Waals surface area contributed by atoms with E-state index in [4.69, 9.17) is 14.4 Å². The van der Waals surface area contributed by atoms with Gasteiger partial charge in [-0.15, -0.1) is 32.9 Å². The van der Waals surface area contributed by atoms with Crippen LogP contribution in [0.4, 0.5) is 0 Å². The predicted octanol–water partition coefficient (Wildman–Crippen LogP) is 3.12. The summed E-state index contributed by atoms with van der Waals surface area (Å²) in [6.07, 6.45) is 1.65. The molecular formula is C20H16N6O3S2. The van der Waals surface area contributed by atoms with Gasteiger partial charge in [0.25, 0.3) is 0 Å². The maximum atomic E-state index is 12.1. The molecule has 3 aromatic heterocycles. The standard InChI is InChI=1S/C20H16N6O3S2/c1-28-13-4-11(12-8-30-10-22-12)5-14-19(13)23-18(31-14)7-17-26-25-16(29-17)6-15(27)24-20(9-21)2-3-20/h4-5,8,10H,2-3,6-7H2,1H3,(H,24,27). The van der Waals surface area contributed by atoms with E-state index in [2.05, 4.69) is 31.6 Å². The Bertz CT molecular complexity index is 1300. The van der Waals surface area contributed by atoms with Crippen LogP contribution in [-0.2, 0) is 17.6 Å². The highest BCUT2D eigenvalue weighted by molar-refractivity contribution is 7.18. The van der Waals surface area contributed by atoms with E-state index in [0.29, 0.717) is 30.9 Å². The number of fused-ring (bicyclic) bond motifs is 1. The van der Waals surface area contributed by atoms with Gasteiger partial charge >= 0.3 is 0 Å². The summed E-state index contributed by atoms with van der Waals surface area (Å²) in [7, 11) is 1.62. The van der Waals surface area contributed by atoms with Crippen LogP contribution in [0, 0.1) is 11.3 Å². The van der Waals surface area contributed by atoms with E-state index in [0.717, 1.165) is 26.5 Å². The molecule has 1 amide bonds. The summed E-state index contributed by atoms with van der Waals surface area (Å²) in [4.78, 5) is 21.1. The van der Waals surface area contributed by atoms with E-state index in [-0.39, 0.29) is 18.2 Å². The van der Waals surface area contributed by atoms with Gasteiger partial charge in [-0.2, -0.15) is 5.26 Å². The van der Waals surface area contributed by atoms with Crippen molar-refractivity contribution in [3.63, 3.8) is 0 Å². The van der Waals surface area contributed by atoms with Crippen molar-refractivity contribution in [1.29, 1.82) is 5.26 Å². The lowest BCUT2D eigenvalue weighted by molar-refractivity contribution is -0.121. The molecule has 0 saturated heterocycles. The Labute approximate surface area is 184 Å². The Balaban J connectivity index is 1.33. The van der Waals surface area contributed by atoms with Crippen LogP contribution in [-0.4, -0.2) is 38.7 Å². The average Bonchev–Trinajstić information content (AvgIpc) is 3.16. The van der Waals surface area contributed by atoms with Crippen LogP contribution in [0.1, 0.15) is 29.6 Å². The van der Waals surface area contributed by atoms with Gasteiger partial charge in [-0.05, 0) is 25.0 Å². The summed E-state index contributed by atoms with van der Waals surface area (Å²) in [5, 5.41) is 22.6. The molecule has 0 bridgehead atoms. The number of hydrogen-bond acceptors (Lipinski definition) is 10. The van der Waals surface area contributed by atoms with Crippen LogP contribution in [0.5, 0.6) is 5.75 Å². The van der Waals surface area contributed by atoms with Crippen LogP contribution in [0.15, 0.2) is 27.4 Å². The van der Waals surface area contributed by atoms with Gasteiger partial charge in [0.2, 0.25) is 17.7 Å². The quantitative estimate of drug-likeness (QED) is 0.453. The first-order chi connectivity index (χ1) is 15.1. The molecule has 3 heterocycles. The summed E-state index contributed by atoms with van der Waals surface area (Å²) in [5.41, 5.74) is 3.72. The molecule has 1 N–H and O–H groups in total. The molecule has 1 aliphatic rings. The summed E-state index contributed by atoms with van der Waals surface area (Å²) < 4.78 is 12.1. The van der Waals surface area contributed by atoms with Gasteiger partial charge < -0.3 is 14.5 Å². The molecule has 0 radical (unpaired) electrons. The number of carbonyl (C=O) groups excluding carboxylic acids is 1. The minimum Gasteiger partial charge on any atom is -0.494 e. The molecule has 9 nitrogen and oxygen atoms in total. The molecule has 156 valence electrons. The van der Waals surface area contributed by atoms with E-state index in [1.807, 2.05) is 17.5 Å². The SMILES string of the molecule is COc1cc(-c2cscn2)cc2sc(Cc3nnc(CC(=O)NC4(C#N)CC4)o3)nc12. The van der Waals surface area contributed by atoms with Crippen molar-refractivity contribution >= 4 is 38.8 Å². The summed E-state index contributed by atoms with van der Waals surface area (Å²) >= 11 is 3.05. The molecule has 0 spiro atoms. The number of aromatic nitrogens is 4. The Morgan fingerprint density at radius 3 is 2.90 bits per heavy atom. The first kappa shape index (κ1) is 19.6. The van der Waals surface area contributed by atoms with Gasteiger partial charge in [0.05, 0.1) is 35.5 Å². The van der Waals surface area contributed by atoms with Crippen molar-refractivity contribution in [3.8, 4) is 23.1 Å². The lowest BCUT2D eigenvalue weighted by atomic mass is 10.1. The van der Waals surface area contributed by atoms with Crippen LogP contribution >= 0.6 is 22.7 Å². The zero-order valence-electron chi connectivity index (χ0n) is 16.4. The number of thiazole rings is 2. The number of ether oxygens (including phenoxy) is 1. The molecule has 1 fully saturated rings. The largest absolute Gasteiger partial charge is 0.494 e. The van der Waals surface area contributed by atoms with Gasteiger partial charge in [0, 0.05) is 10.9 Å². The van der Waals surface area contributed by atoms with Gasteiger partial charge in [0.15, 0.2) is 0 Å². The number of benzene rings is 1. The number of nitriles is 1. The number of carbonyl (C=O) groups is 1. The first-order valence-electron chi connectivity index (χ1n) is 9.47. The predicted molar refractivity (Wildman–Crippen MR) is 114 cm³/mol. The van der Waals surface area contributed by atoms with Gasteiger partial charge in [-0.25, -0.2) is 9.97 Å². The molecule has 1 saturated carbocycles. The fourth-order valence-corrected chi connectivity index (χ4v) is 4.75. The normalized spacial score (nSPS) is 14.3. The van der Waals surface area contributed by atoms with Crippen molar-refractivity contribution in [2.75, 3.05) is 7.11 Å². The molecule has 31 heavy (non-hydrogen) atoms. The van der Waals surface area contributed by atoms with Gasteiger partial charge in [-0.3, -0.25) is 4.79 Å². The maximum absolute atomic E-state index is 12.1. The topological polar surface area (TPSA) is 127 Å². The monoisotopic (exact) mass is 452 g/mol. The first-order valence-corrected chi connectivity index (χ1v) is 11.2. The molecule has 0 aliphatic heterocycles. The average molecular weight is 453 g/mol. The number of methoxy groups -OCH3 is 1. The van der Waals surface area contributed by atoms with E-state index in [1.54, 1.807) is 12.6 Å². The molecule has 0 atom stereocenters. The lowest BCUT2D eigenvalue weighted by Crippen LogP contribution is -2.36. The van der Waals surface area contributed by atoms with Crippen molar-refractivity contribution in [2.24, 2.45) is 0 Å². The maximum Gasteiger partial charge on any atom is 0.230 e. The number of rotatable bonds is 7. The Kier molecular flexibility index (Phi) is 4.88. The van der Waals surface area contributed by atoms with E-state index in [1.165, 1.54) is 22.7 Å². The van der Waals surface area contributed by atoms with Crippen molar-refractivity contribution < 1.29 is 13.9 Å². The van der Waals surface area contributed by atoms with Gasteiger partial charge in [0.1, 0.15) is 28.2 Å². The van der Waals surface area contributed by atoms with E-state index < -0.39 is 5.54 Å². The Morgan fingerprint density at radius 2 is 2.19 bits per heavy atom. The molecule has 4 aromatic rings. The third-order valence-corrected chi connectivity index (χ3v) is 6.51. The summed E-state index contributed by atoms with van der Waals surface area (Å²) in [6.45, 7) is 0. The number of amides is 1. The molecule has 11 heteroatoms. The van der Waals surface area contributed by atoms with Crippen molar-refractivity contribution in [3.05, 3.63) is 39.8 Å². The second-order valence-electron chi connectivity index (χ2n) is 7.19. The Hall–Kier alpha value is -3.36. The zero-order valence-corrected chi connectivity index (χ0v) is 18.0. The van der Waals surface area contributed by atoms with Crippen LogP contribution in [0.3, 0.4) is 0 Å². The minimum atomic E-state index is -0.711. The number of nitrogens with one attached hydrogen (secondary N) is 1.